The number of anilines is 2. The summed E-state index contributed by atoms with van der Waals surface area (Å²) in [5.41, 5.74) is 5.80. The zero-order chi connectivity index (χ0) is 13.3. The van der Waals surface area contributed by atoms with Gasteiger partial charge in [0, 0.05) is 17.9 Å². The van der Waals surface area contributed by atoms with Crippen molar-refractivity contribution in [2.45, 2.75) is 38.1 Å². The molecule has 7 nitrogen and oxygen atoms in total. The van der Waals surface area contributed by atoms with E-state index in [9.17, 15) is 0 Å². The minimum atomic E-state index is 0.0556. The molecule has 3 N–H and O–H groups in total. The predicted octanol–water partition coefficient (Wildman–Crippen LogP) is 1.38. The Morgan fingerprint density at radius 3 is 2.74 bits per heavy atom. The van der Waals surface area contributed by atoms with Crippen LogP contribution in [0.15, 0.2) is 18.7 Å². The molecule has 1 aliphatic rings. The van der Waals surface area contributed by atoms with E-state index in [2.05, 4.69) is 32.2 Å². The molecule has 2 aromatic heterocycles. The van der Waals surface area contributed by atoms with Gasteiger partial charge in [-0.2, -0.15) is 15.0 Å². The highest BCUT2D eigenvalue weighted by molar-refractivity contribution is 5.37. The molecule has 0 radical (unpaired) electrons. The van der Waals surface area contributed by atoms with Gasteiger partial charge in [-0.1, -0.05) is 12.8 Å². The zero-order valence-corrected chi connectivity index (χ0v) is 10.9. The van der Waals surface area contributed by atoms with Crippen LogP contribution >= 0.6 is 0 Å². The van der Waals surface area contributed by atoms with Gasteiger partial charge in [0.1, 0.15) is 6.33 Å². The number of hydrogen-bond donors (Lipinski definition) is 2. The number of nitrogens with two attached hydrogens (primary N) is 1. The van der Waals surface area contributed by atoms with E-state index in [-0.39, 0.29) is 11.5 Å². The molecule has 0 unspecified atom stereocenters. The number of nitrogen functional groups attached to an aromatic ring is 1. The van der Waals surface area contributed by atoms with Crippen LogP contribution in [0, 0.1) is 0 Å². The van der Waals surface area contributed by atoms with Gasteiger partial charge in [0.2, 0.25) is 17.8 Å². The lowest BCUT2D eigenvalue weighted by Crippen LogP contribution is -2.32. The van der Waals surface area contributed by atoms with Crippen LogP contribution in [0.4, 0.5) is 11.9 Å². The van der Waals surface area contributed by atoms with Gasteiger partial charge in [0.15, 0.2) is 0 Å². The molecule has 0 spiro atoms. The van der Waals surface area contributed by atoms with Crippen LogP contribution in [-0.4, -0.2) is 30.0 Å². The average Bonchev–Trinajstić information content (AvgIpc) is 2.99. The molecule has 100 valence electrons. The molecule has 0 bridgehead atoms. The number of nitrogens with zero attached hydrogens (tertiary/aromatic N) is 5. The largest absolute Gasteiger partial charge is 0.368 e. The maximum absolute atomic E-state index is 5.75. The van der Waals surface area contributed by atoms with Crippen molar-refractivity contribution in [3.05, 3.63) is 18.7 Å². The fourth-order valence-corrected chi connectivity index (χ4v) is 2.48. The van der Waals surface area contributed by atoms with Crippen LogP contribution in [0.25, 0.3) is 5.95 Å². The van der Waals surface area contributed by atoms with Gasteiger partial charge in [-0.25, -0.2) is 4.98 Å². The lowest BCUT2D eigenvalue weighted by Gasteiger charge is -2.25. The first-order valence-corrected chi connectivity index (χ1v) is 6.43. The summed E-state index contributed by atoms with van der Waals surface area (Å²) < 4.78 is 1.71. The number of rotatable bonds is 3. The van der Waals surface area contributed by atoms with Gasteiger partial charge < -0.3 is 11.1 Å². The molecular weight excluding hydrogens is 242 g/mol. The summed E-state index contributed by atoms with van der Waals surface area (Å²) in [5.74, 6) is 1.22. The second-order valence-electron chi connectivity index (χ2n) is 5.18. The Balaban J connectivity index is 1.90. The number of imidazole rings is 1. The molecular formula is C12H17N7. The normalized spacial score (nSPS) is 17.5. The molecule has 0 aliphatic heterocycles. The molecule has 2 aromatic rings. The molecule has 2 heterocycles. The Kier molecular flexibility index (Phi) is 2.81. The lowest BCUT2D eigenvalue weighted by atomic mass is 10.0. The summed E-state index contributed by atoms with van der Waals surface area (Å²) >= 11 is 0. The van der Waals surface area contributed by atoms with E-state index in [1.165, 1.54) is 12.8 Å². The van der Waals surface area contributed by atoms with E-state index >= 15 is 0 Å². The first kappa shape index (κ1) is 11.9. The minimum Gasteiger partial charge on any atom is -0.368 e. The quantitative estimate of drug-likeness (QED) is 0.864. The zero-order valence-electron chi connectivity index (χ0n) is 10.9. The van der Waals surface area contributed by atoms with Crippen molar-refractivity contribution in [2.24, 2.45) is 0 Å². The van der Waals surface area contributed by atoms with E-state index in [1.807, 2.05) is 0 Å². The van der Waals surface area contributed by atoms with Gasteiger partial charge in [-0.05, 0) is 19.8 Å². The Bertz CT molecular complexity index is 557. The first-order valence-electron chi connectivity index (χ1n) is 6.43. The summed E-state index contributed by atoms with van der Waals surface area (Å²) in [6.45, 7) is 2.19. The fraction of sp³-hybridized carbons (Fsp3) is 0.500. The van der Waals surface area contributed by atoms with Gasteiger partial charge in [-0.15, -0.1) is 0 Å². The lowest BCUT2D eigenvalue weighted by molar-refractivity contribution is 0.527. The average molecular weight is 259 g/mol. The Morgan fingerprint density at radius 1 is 1.26 bits per heavy atom. The van der Waals surface area contributed by atoms with E-state index < -0.39 is 0 Å². The van der Waals surface area contributed by atoms with Gasteiger partial charge in [0.25, 0.3) is 0 Å². The molecule has 0 aromatic carbocycles. The third-order valence-corrected chi connectivity index (χ3v) is 3.50. The molecule has 1 fully saturated rings. The van der Waals surface area contributed by atoms with Crippen LogP contribution in [0.3, 0.4) is 0 Å². The summed E-state index contributed by atoms with van der Waals surface area (Å²) in [7, 11) is 0. The fourth-order valence-electron chi connectivity index (χ4n) is 2.48. The van der Waals surface area contributed by atoms with Crippen molar-refractivity contribution in [1.82, 2.24) is 24.5 Å². The van der Waals surface area contributed by atoms with Crippen LogP contribution in [-0.2, 0) is 0 Å². The third kappa shape index (κ3) is 2.49. The highest BCUT2D eigenvalue weighted by Gasteiger charge is 2.29. The highest BCUT2D eigenvalue weighted by atomic mass is 15.3. The molecule has 0 atom stereocenters. The summed E-state index contributed by atoms with van der Waals surface area (Å²) in [5, 5.41) is 3.38. The van der Waals surface area contributed by atoms with Crippen molar-refractivity contribution in [3.63, 3.8) is 0 Å². The van der Waals surface area contributed by atoms with Crippen molar-refractivity contribution in [3.8, 4) is 5.95 Å². The van der Waals surface area contributed by atoms with Crippen LogP contribution in [0.1, 0.15) is 32.6 Å². The van der Waals surface area contributed by atoms with Crippen LogP contribution in [0.2, 0.25) is 0 Å². The van der Waals surface area contributed by atoms with Crippen molar-refractivity contribution in [2.75, 3.05) is 11.1 Å². The molecule has 19 heavy (non-hydrogen) atoms. The van der Waals surface area contributed by atoms with Crippen molar-refractivity contribution >= 4 is 11.9 Å². The number of aromatic nitrogens is 5. The third-order valence-electron chi connectivity index (χ3n) is 3.50. The second kappa shape index (κ2) is 4.49. The Morgan fingerprint density at radius 2 is 2.05 bits per heavy atom. The van der Waals surface area contributed by atoms with Gasteiger partial charge in [0.05, 0.1) is 0 Å². The monoisotopic (exact) mass is 259 g/mol. The summed E-state index contributed by atoms with van der Waals surface area (Å²) in [4.78, 5) is 16.6. The maximum atomic E-state index is 5.75. The smallest absolute Gasteiger partial charge is 0.241 e. The predicted molar refractivity (Wildman–Crippen MR) is 71.9 cm³/mol. The molecule has 0 saturated heterocycles. The van der Waals surface area contributed by atoms with Gasteiger partial charge in [-0.3, -0.25) is 4.57 Å². The van der Waals surface area contributed by atoms with Crippen LogP contribution in [0.5, 0.6) is 0 Å². The molecule has 7 heteroatoms. The maximum Gasteiger partial charge on any atom is 0.241 e. The Hall–Kier alpha value is -2.18. The van der Waals surface area contributed by atoms with E-state index in [0.29, 0.717) is 11.9 Å². The van der Waals surface area contributed by atoms with Crippen molar-refractivity contribution < 1.29 is 0 Å². The Labute approximate surface area is 111 Å². The van der Waals surface area contributed by atoms with E-state index in [0.717, 1.165) is 12.8 Å². The van der Waals surface area contributed by atoms with E-state index in [1.54, 1.807) is 23.3 Å². The van der Waals surface area contributed by atoms with E-state index in [4.69, 9.17) is 5.73 Å². The second-order valence-corrected chi connectivity index (χ2v) is 5.18. The molecule has 1 aliphatic carbocycles. The van der Waals surface area contributed by atoms with Crippen molar-refractivity contribution in [1.29, 1.82) is 0 Å². The topological polar surface area (TPSA) is 94.5 Å². The molecule has 3 rings (SSSR count). The van der Waals surface area contributed by atoms with Gasteiger partial charge >= 0.3 is 0 Å². The summed E-state index contributed by atoms with van der Waals surface area (Å²) in [6.07, 6.45) is 9.80. The number of hydrogen-bond acceptors (Lipinski definition) is 6. The first-order chi connectivity index (χ1) is 9.15. The standard InChI is InChI=1S/C12H17N7/c1-12(4-2-3-5-12)18-10-15-9(13)16-11(17-10)19-7-6-14-8-19/h6-8H,2-5H2,1H3,(H3,13,15,16,17,18). The molecule has 1 saturated carbocycles. The minimum absolute atomic E-state index is 0.0556. The summed E-state index contributed by atoms with van der Waals surface area (Å²) in [6, 6.07) is 0. The van der Waals surface area contributed by atoms with Crippen LogP contribution < -0.4 is 11.1 Å². The highest BCUT2D eigenvalue weighted by Crippen LogP contribution is 2.31. The SMILES string of the molecule is CC1(Nc2nc(N)nc(-n3ccnc3)n2)CCCC1. The molecule has 0 amide bonds. The number of nitrogens with one attached hydrogen (secondary N) is 1.